The van der Waals surface area contributed by atoms with Gasteiger partial charge < -0.3 is 9.84 Å². The summed E-state index contributed by atoms with van der Waals surface area (Å²) in [5.74, 6) is -9.59. The van der Waals surface area contributed by atoms with Crippen molar-refractivity contribution in [3.8, 4) is 0 Å². The van der Waals surface area contributed by atoms with Gasteiger partial charge in [-0.1, -0.05) is 0 Å². The van der Waals surface area contributed by atoms with Gasteiger partial charge in [-0.2, -0.15) is 52.3 Å². The summed E-state index contributed by atoms with van der Waals surface area (Å²) in [6, 6.07) is 0. The van der Waals surface area contributed by atoms with Crippen molar-refractivity contribution in [2.24, 2.45) is 17.8 Å². The highest BCUT2D eigenvalue weighted by atomic mass is 32.2. The lowest BCUT2D eigenvalue weighted by Crippen LogP contribution is -2.58. The van der Waals surface area contributed by atoms with Gasteiger partial charge in [0, 0.05) is 6.42 Å². The maximum Gasteiger partial charge on any atom is 0.431 e. The molecule has 33 heavy (non-hydrogen) atoms. The molecule has 0 aromatic carbocycles. The molecule has 0 saturated heterocycles. The van der Waals surface area contributed by atoms with Gasteiger partial charge in [-0.15, -0.1) is 0 Å². The number of carbonyl (C=O) groups excluding carboxylic acids is 1. The average Bonchev–Trinajstić information content (AvgIpc) is 3.16. The third-order valence-corrected chi connectivity index (χ3v) is 7.06. The molecule has 0 amide bonds. The number of hydrogen-bond donors (Lipinski definition) is 2. The first-order valence-corrected chi connectivity index (χ1v) is 10.8. The molecule has 6 nitrogen and oxygen atoms in total. The van der Waals surface area contributed by atoms with Gasteiger partial charge in [0.25, 0.3) is 5.60 Å². The van der Waals surface area contributed by atoms with Crippen LogP contribution in [0.15, 0.2) is 0 Å². The van der Waals surface area contributed by atoms with Gasteiger partial charge in [0.05, 0.1) is 6.42 Å². The summed E-state index contributed by atoms with van der Waals surface area (Å²) in [7, 11) is -6.50. The molecule has 0 heterocycles. The van der Waals surface area contributed by atoms with E-state index in [9.17, 15) is 62.2 Å². The lowest BCUT2D eigenvalue weighted by molar-refractivity contribution is -0.373. The Bertz CT molecular complexity index is 839. The van der Waals surface area contributed by atoms with Crippen LogP contribution in [0.5, 0.6) is 0 Å². The highest BCUT2D eigenvalue weighted by Gasteiger charge is 2.71. The topological polar surface area (TPSA) is 101 Å². The number of halogens is 10. The summed E-state index contributed by atoms with van der Waals surface area (Å²) in [6.07, 6.45) is -18.7. The molecular formula is C16H18F10O6S. The Morgan fingerprint density at radius 2 is 1.39 bits per heavy atom. The van der Waals surface area contributed by atoms with Crippen LogP contribution in [0.3, 0.4) is 0 Å². The van der Waals surface area contributed by atoms with Gasteiger partial charge in [0.1, 0.15) is 6.10 Å². The minimum atomic E-state index is -6.50. The second kappa shape index (κ2) is 8.39. The molecule has 0 aromatic heterocycles. The average molecular weight is 528 g/mol. The molecule has 4 atom stereocenters. The standard InChI is InChI=1S/C16H18F10O6S/c17-13(18,16(25,26)33(29,30)31)2-1-11(27)32-10-5-7-3-8(10)4-9(7)6-12(28,14(19,20)21)15(22,23)24/h7-10,28H,1-6H2,(H,29,30,31). The Kier molecular flexibility index (Phi) is 7.09. The molecule has 2 N–H and O–H groups in total. The lowest BCUT2D eigenvalue weighted by atomic mass is 9.79. The zero-order valence-electron chi connectivity index (χ0n) is 16.3. The number of hydrogen-bond acceptors (Lipinski definition) is 5. The molecular weight excluding hydrogens is 510 g/mol. The van der Waals surface area contributed by atoms with Gasteiger partial charge in [0.2, 0.25) is 0 Å². The van der Waals surface area contributed by atoms with Crippen LogP contribution >= 0.6 is 0 Å². The Balaban J connectivity index is 1.95. The number of carbonyl (C=O) groups is 1. The molecule has 4 unspecified atom stereocenters. The smallest absolute Gasteiger partial charge is 0.431 e. The van der Waals surface area contributed by atoms with Crippen molar-refractivity contribution in [2.75, 3.05) is 0 Å². The van der Waals surface area contributed by atoms with Crippen LogP contribution in [0.4, 0.5) is 43.9 Å². The van der Waals surface area contributed by atoms with E-state index in [-0.39, 0.29) is 19.3 Å². The SMILES string of the molecule is O=C(CCC(F)(F)C(F)(F)S(=O)(=O)O)OC1CC2CC1CC2CC(O)(C(F)(F)F)C(F)(F)F. The lowest BCUT2D eigenvalue weighted by Gasteiger charge is -2.37. The highest BCUT2D eigenvalue weighted by molar-refractivity contribution is 7.87. The van der Waals surface area contributed by atoms with Crippen LogP contribution in [0.1, 0.15) is 38.5 Å². The Labute approximate surface area is 180 Å². The fraction of sp³-hybridized carbons (Fsp3) is 0.938. The number of esters is 1. The van der Waals surface area contributed by atoms with Crippen LogP contribution in [0, 0.1) is 17.8 Å². The third-order valence-electron chi connectivity index (χ3n) is 6.11. The maximum atomic E-state index is 13.4. The summed E-state index contributed by atoms with van der Waals surface area (Å²) >= 11 is 0. The molecule has 2 aliphatic carbocycles. The van der Waals surface area contributed by atoms with E-state index >= 15 is 0 Å². The van der Waals surface area contributed by atoms with E-state index in [2.05, 4.69) is 0 Å². The quantitative estimate of drug-likeness (QED) is 0.280. The van der Waals surface area contributed by atoms with Gasteiger partial charge in [-0.25, -0.2) is 0 Å². The zero-order valence-corrected chi connectivity index (χ0v) is 17.1. The van der Waals surface area contributed by atoms with E-state index in [0.717, 1.165) is 0 Å². The summed E-state index contributed by atoms with van der Waals surface area (Å²) in [5.41, 5.74) is -4.94. The normalized spacial score (nSPS) is 27.2. The number of rotatable bonds is 8. The van der Waals surface area contributed by atoms with E-state index in [1.165, 1.54) is 0 Å². The van der Waals surface area contributed by atoms with Crippen LogP contribution in [0.2, 0.25) is 0 Å². The summed E-state index contributed by atoms with van der Waals surface area (Å²) in [6.45, 7) is 0. The molecule has 2 rings (SSSR count). The molecule has 2 saturated carbocycles. The van der Waals surface area contributed by atoms with Crippen LogP contribution < -0.4 is 0 Å². The monoisotopic (exact) mass is 528 g/mol. The fourth-order valence-corrected chi connectivity index (χ4v) is 4.81. The van der Waals surface area contributed by atoms with Crippen LogP contribution in [0.25, 0.3) is 0 Å². The van der Waals surface area contributed by atoms with Crippen LogP contribution in [-0.4, -0.2) is 59.3 Å². The molecule has 194 valence electrons. The van der Waals surface area contributed by atoms with Crippen molar-refractivity contribution >= 4 is 16.1 Å². The third kappa shape index (κ3) is 5.18. The van der Waals surface area contributed by atoms with E-state index < -0.39 is 88.3 Å². The minimum Gasteiger partial charge on any atom is -0.462 e. The van der Waals surface area contributed by atoms with Crippen molar-refractivity contribution in [1.82, 2.24) is 0 Å². The molecule has 0 radical (unpaired) electrons. The Morgan fingerprint density at radius 3 is 1.79 bits per heavy atom. The predicted octanol–water partition coefficient (Wildman–Crippen LogP) is 4.09. The number of alkyl halides is 10. The van der Waals surface area contributed by atoms with E-state index in [1.807, 2.05) is 0 Å². The molecule has 2 fully saturated rings. The Hall–Kier alpha value is -1.36. The van der Waals surface area contributed by atoms with Crippen molar-refractivity contribution in [3.05, 3.63) is 0 Å². The number of fused-ring (bicyclic) bond motifs is 2. The zero-order chi connectivity index (χ0) is 25.8. The molecule has 2 bridgehead atoms. The fourth-order valence-electron chi connectivity index (χ4n) is 4.33. The Morgan fingerprint density at radius 1 is 0.879 bits per heavy atom. The summed E-state index contributed by atoms with van der Waals surface area (Å²) < 4.78 is 164. The van der Waals surface area contributed by atoms with Gasteiger partial charge in [0.15, 0.2) is 0 Å². The van der Waals surface area contributed by atoms with Gasteiger partial charge >= 0.3 is 39.6 Å². The first-order valence-electron chi connectivity index (χ1n) is 9.31. The van der Waals surface area contributed by atoms with Crippen molar-refractivity contribution in [1.29, 1.82) is 0 Å². The van der Waals surface area contributed by atoms with E-state index in [4.69, 9.17) is 9.29 Å². The second-order valence-electron chi connectivity index (χ2n) is 8.27. The largest absolute Gasteiger partial charge is 0.462 e. The summed E-state index contributed by atoms with van der Waals surface area (Å²) in [5, 5.41) is 3.44. The van der Waals surface area contributed by atoms with Crippen molar-refractivity contribution in [2.45, 2.75) is 73.8 Å². The maximum absolute atomic E-state index is 13.4. The highest BCUT2D eigenvalue weighted by Crippen LogP contribution is 2.56. The van der Waals surface area contributed by atoms with Gasteiger partial charge in [-0.3, -0.25) is 9.35 Å². The molecule has 0 spiro atoms. The van der Waals surface area contributed by atoms with Crippen molar-refractivity contribution < 1.29 is 71.5 Å². The second-order valence-corrected chi connectivity index (χ2v) is 9.73. The number of ether oxygens (including phenoxy) is 1. The first kappa shape index (κ1) is 27.9. The molecule has 2 aliphatic rings. The van der Waals surface area contributed by atoms with E-state index in [0.29, 0.717) is 0 Å². The van der Waals surface area contributed by atoms with E-state index in [1.54, 1.807) is 0 Å². The van der Waals surface area contributed by atoms with Gasteiger partial charge in [-0.05, 0) is 43.4 Å². The molecule has 0 aromatic rings. The predicted molar refractivity (Wildman–Crippen MR) is 86.6 cm³/mol. The minimum absolute atomic E-state index is 0.0331. The molecule has 17 heteroatoms. The molecule has 0 aliphatic heterocycles. The first-order chi connectivity index (χ1) is 14.5. The van der Waals surface area contributed by atoms with Crippen LogP contribution in [-0.2, 0) is 19.6 Å². The van der Waals surface area contributed by atoms with Crippen molar-refractivity contribution in [3.63, 3.8) is 0 Å². The number of aliphatic hydroxyl groups is 1. The summed E-state index contributed by atoms with van der Waals surface area (Å²) in [4.78, 5) is 11.7.